The number of esters is 1. The second-order valence-corrected chi connectivity index (χ2v) is 6.37. The van der Waals surface area contributed by atoms with Crippen LogP contribution < -0.4 is 5.14 Å². The second kappa shape index (κ2) is 6.08. The monoisotopic (exact) mass is 317 g/mol. The number of ether oxygens (including phenoxy) is 2. The molecule has 1 aromatic rings. The molecule has 1 heterocycles. The summed E-state index contributed by atoms with van der Waals surface area (Å²) in [7, 11) is -4.11. The van der Waals surface area contributed by atoms with Crippen LogP contribution in [0.1, 0.15) is 28.8 Å². The Bertz CT molecular complexity index is 653. The van der Waals surface area contributed by atoms with Crippen LogP contribution in [0.5, 0.6) is 0 Å². The van der Waals surface area contributed by atoms with E-state index in [1.807, 2.05) is 0 Å². The number of primary sulfonamides is 1. The summed E-state index contributed by atoms with van der Waals surface area (Å²) in [6, 6.07) is 1.74. The average molecular weight is 317 g/mol. The predicted molar refractivity (Wildman–Crippen MR) is 71.8 cm³/mol. The van der Waals surface area contributed by atoms with E-state index in [0.29, 0.717) is 26.1 Å². The number of hydrogen-bond donors (Lipinski definition) is 1. The highest BCUT2D eigenvalue weighted by Gasteiger charge is 2.24. The van der Waals surface area contributed by atoms with Crippen molar-refractivity contribution >= 4 is 16.0 Å². The van der Waals surface area contributed by atoms with Crippen molar-refractivity contribution in [1.29, 1.82) is 0 Å². The molecule has 0 amide bonds. The van der Waals surface area contributed by atoms with Gasteiger partial charge in [-0.05, 0) is 24.6 Å². The third-order valence-corrected chi connectivity index (χ3v) is 4.33. The van der Waals surface area contributed by atoms with E-state index in [0.717, 1.165) is 12.1 Å². The molecule has 0 unspecified atom stereocenters. The number of carbonyl (C=O) groups excluding carboxylic acids is 1. The SMILES string of the molecule is Cc1c(C(=O)OC2CCOCC2)cc(F)cc1S(N)(=O)=O. The minimum Gasteiger partial charge on any atom is -0.459 e. The summed E-state index contributed by atoms with van der Waals surface area (Å²) in [6.07, 6.45) is 0.802. The smallest absolute Gasteiger partial charge is 0.338 e. The lowest BCUT2D eigenvalue weighted by atomic mass is 10.1. The minimum absolute atomic E-state index is 0.0796. The van der Waals surface area contributed by atoms with Gasteiger partial charge in [0.2, 0.25) is 10.0 Å². The van der Waals surface area contributed by atoms with Gasteiger partial charge in [0.25, 0.3) is 0 Å². The zero-order chi connectivity index (χ0) is 15.6. The molecule has 6 nitrogen and oxygen atoms in total. The molecule has 1 aromatic carbocycles. The Balaban J connectivity index is 2.30. The first-order valence-corrected chi connectivity index (χ1v) is 7.95. The maximum Gasteiger partial charge on any atom is 0.338 e. The van der Waals surface area contributed by atoms with Crippen LogP contribution in [-0.4, -0.2) is 33.7 Å². The third-order valence-electron chi connectivity index (χ3n) is 3.29. The molecule has 0 bridgehead atoms. The first-order chi connectivity index (χ1) is 9.79. The van der Waals surface area contributed by atoms with E-state index >= 15 is 0 Å². The van der Waals surface area contributed by atoms with Gasteiger partial charge in [-0.1, -0.05) is 0 Å². The van der Waals surface area contributed by atoms with Crippen molar-refractivity contribution in [3.63, 3.8) is 0 Å². The summed E-state index contributed by atoms with van der Waals surface area (Å²) < 4.78 is 46.8. The molecular formula is C13H16FNO5S. The zero-order valence-electron chi connectivity index (χ0n) is 11.5. The van der Waals surface area contributed by atoms with Crippen LogP contribution in [0.15, 0.2) is 17.0 Å². The second-order valence-electron chi connectivity index (χ2n) is 4.84. The number of benzene rings is 1. The van der Waals surface area contributed by atoms with E-state index in [2.05, 4.69) is 0 Å². The average Bonchev–Trinajstić information content (AvgIpc) is 2.40. The Morgan fingerprint density at radius 3 is 2.57 bits per heavy atom. The Labute approximate surface area is 122 Å². The van der Waals surface area contributed by atoms with E-state index in [4.69, 9.17) is 14.6 Å². The standard InChI is InChI=1S/C13H16FNO5S/c1-8-11(6-9(14)7-12(8)21(15,17)18)13(16)20-10-2-4-19-5-3-10/h6-7,10H,2-5H2,1H3,(H2,15,17,18). The van der Waals surface area contributed by atoms with Crippen LogP contribution in [0.3, 0.4) is 0 Å². The van der Waals surface area contributed by atoms with Crippen molar-refractivity contribution in [2.45, 2.75) is 30.8 Å². The van der Waals surface area contributed by atoms with Crippen molar-refractivity contribution in [3.05, 3.63) is 29.1 Å². The van der Waals surface area contributed by atoms with Crippen LogP contribution in [0.25, 0.3) is 0 Å². The fraction of sp³-hybridized carbons (Fsp3) is 0.462. The van der Waals surface area contributed by atoms with Gasteiger partial charge in [0.15, 0.2) is 0 Å². The Hall–Kier alpha value is -1.51. The normalized spacial score (nSPS) is 16.7. The van der Waals surface area contributed by atoms with Crippen LogP contribution in [0.4, 0.5) is 4.39 Å². The van der Waals surface area contributed by atoms with Crippen LogP contribution >= 0.6 is 0 Å². The highest BCUT2D eigenvalue weighted by Crippen LogP contribution is 2.22. The molecule has 1 aliphatic heterocycles. The van der Waals surface area contributed by atoms with E-state index in [1.54, 1.807) is 0 Å². The van der Waals surface area contributed by atoms with Crippen LogP contribution in [0.2, 0.25) is 0 Å². The van der Waals surface area contributed by atoms with Crippen LogP contribution in [-0.2, 0) is 19.5 Å². The number of rotatable bonds is 3. The van der Waals surface area contributed by atoms with Crippen LogP contribution in [0, 0.1) is 12.7 Å². The van der Waals surface area contributed by atoms with Gasteiger partial charge in [-0.3, -0.25) is 0 Å². The maximum atomic E-state index is 13.5. The summed E-state index contributed by atoms with van der Waals surface area (Å²) in [5.74, 6) is -1.62. The molecule has 2 rings (SSSR count). The van der Waals surface area contributed by atoms with Crippen molar-refractivity contribution in [2.75, 3.05) is 13.2 Å². The molecule has 21 heavy (non-hydrogen) atoms. The highest BCUT2D eigenvalue weighted by molar-refractivity contribution is 7.89. The predicted octanol–water partition coefficient (Wildman–Crippen LogP) is 1.12. The molecule has 0 spiro atoms. The van der Waals surface area contributed by atoms with Gasteiger partial charge in [0.1, 0.15) is 11.9 Å². The molecule has 0 aromatic heterocycles. The quantitative estimate of drug-likeness (QED) is 0.843. The largest absolute Gasteiger partial charge is 0.459 e. The number of carbonyl (C=O) groups is 1. The molecule has 8 heteroatoms. The van der Waals surface area contributed by atoms with Crippen molar-refractivity contribution in [3.8, 4) is 0 Å². The van der Waals surface area contributed by atoms with Gasteiger partial charge in [-0.25, -0.2) is 22.7 Å². The third kappa shape index (κ3) is 3.78. The Morgan fingerprint density at radius 1 is 1.38 bits per heavy atom. The van der Waals surface area contributed by atoms with Crippen molar-refractivity contribution in [1.82, 2.24) is 0 Å². The molecule has 2 N–H and O–H groups in total. The minimum atomic E-state index is -4.11. The molecular weight excluding hydrogens is 301 g/mol. The van der Waals surface area contributed by atoms with Gasteiger partial charge >= 0.3 is 5.97 Å². The van der Waals surface area contributed by atoms with Crippen molar-refractivity contribution in [2.24, 2.45) is 5.14 Å². The fourth-order valence-electron chi connectivity index (χ4n) is 2.17. The molecule has 0 atom stereocenters. The summed E-state index contributed by atoms with van der Waals surface area (Å²) in [5, 5.41) is 5.02. The summed E-state index contributed by atoms with van der Waals surface area (Å²) >= 11 is 0. The molecule has 0 saturated carbocycles. The number of hydrogen-bond acceptors (Lipinski definition) is 5. The lowest BCUT2D eigenvalue weighted by Gasteiger charge is -2.22. The van der Waals surface area contributed by atoms with E-state index < -0.39 is 26.7 Å². The van der Waals surface area contributed by atoms with Gasteiger partial charge in [0.05, 0.1) is 23.7 Å². The summed E-state index contributed by atoms with van der Waals surface area (Å²) in [4.78, 5) is 11.7. The highest BCUT2D eigenvalue weighted by atomic mass is 32.2. The number of nitrogens with two attached hydrogens (primary N) is 1. The van der Waals surface area contributed by atoms with Gasteiger partial charge in [-0.2, -0.15) is 0 Å². The maximum absolute atomic E-state index is 13.5. The van der Waals surface area contributed by atoms with Gasteiger partial charge in [0, 0.05) is 12.8 Å². The Morgan fingerprint density at radius 2 is 2.00 bits per heavy atom. The molecule has 1 fully saturated rings. The lowest BCUT2D eigenvalue weighted by Crippen LogP contribution is -2.27. The lowest BCUT2D eigenvalue weighted by molar-refractivity contribution is -0.0160. The zero-order valence-corrected chi connectivity index (χ0v) is 12.3. The summed E-state index contributed by atoms with van der Waals surface area (Å²) in [6.45, 7) is 2.37. The topological polar surface area (TPSA) is 95.7 Å². The molecule has 0 aliphatic carbocycles. The van der Waals surface area contributed by atoms with E-state index in [-0.39, 0.29) is 17.2 Å². The first-order valence-electron chi connectivity index (χ1n) is 6.40. The summed E-state index contributed by atoms with van der Waals surface area (Å²) in [5.41, 5.74) is -0.0542. The fourth-order valence-corrected chi connectivity index (χ4v) is 2.98. The van der Waals surface area contributed by atoms with Gasteiger partial charge < -0.3 is 9.47 Å². The Kier molecular flexibility index (Phi) is 4.60. The molecule has 1 aliphatic rings. The number of halogens is 1. The van der Waals surface area contributed by atoms with Gasteiger partial charge in [-0.15, -0.1) is 0 Å². The molecule has 1 saturated heterocycles. The first kappa shape index (κ1) is 15.9. The van der Waals surface area contributed by atoms with E-state index in [9.17, 15) is 17.6 Å². The van der Waals surface area contributed by atoms with Crippen molar-refractivity contribution < 1.29 is 27.1 Å². The van der Waals surface area contributed by atoms with E-state index in [1.165, 1.54) is 6.92 Å². The molecule has 0 radical (unpaired) electrons. The molecule has 116 valence electrons. The number of sulfonamides is 1.